The molecule has 0 aliphatic heterocycles. The van der Waals surface area contributed by atoms with Crippen molar-refractivity contribution in [1.82, 2.24) is 5.32 Å². The van der Waals surface area contributed by atoms with Crippen molar-refractivity contribution in [3.8, 4) is 0 Å². The highest BCUT2D eigenvalue weighted by Crippen LogP contribution is 2.24. The van der Waals surface area contributed by atoms with E-state index < -0.39 is 0 Å². The van der Waals surface area contributed by atoms with Crippen LogP contribution in [0.3, 0.4) is 0 Å². The molecule has 1 atom stereocenters. The van der Waals surface area contributed by atoms with Crippen molar-refractivity contribution < 1.29 is 4.79 Å². The third-order valence-electron chi connectivity index (χ3n) is 3.87. The van der Waals surface area contributed by atoms with Gasteiger partial charge in [0.05, 0.1) is 16.1 Å². The molecule has 2 rings (SSSR count). The van der Waals surface area contributed by atoms with Crippen LogP contribution in [0.15, 0.2) is 48.5 Å². The van der Waals surface area contributed by atoms with Gasteiger partial charge in [-0.3, -0.25) is 4.79 Å². The quantitative estimate of drug-likeness (QED) is 0.658. The fraction of sp³-hybridized carbons (Fsp3) is 0.350. The van der Waals surface area contributed by atoms with Crippen LogP contribution in [0.2, 0.25) is 10.0 Å². The molecule has 0 fully saturated rings. The van der Waals surface area contributed by atoms with Crippen LogP contribution in [-0.2, 0) is 11.2 Å². The van der Waals surface area contributed by atoms with E-state index in [9.17, 15) is 4.79 Å². The largest absolute Gasteiger partial charge is 0.349 e. The van der Waals surface area contributed by atoms with Gasteiger partial charge in [-0.05, 0) is 42.0 Å². The van der Waals surface area contributed by atoms with Gasteiger partial charge in [-0.1, -0.05) is 73.4 Å². The maximum absolute atomic E-state index is 12.4. The Morgan fingerprint density at radius 2 is 1.75 bits per heavy atom. The zero-order valence-corrected chi connectivity index (χ0v) is 15.6. The number of aryl methyl sites for hydroxylation is 1. The second-order valence-electron chi connectivity index (χ2n) is 6.41. The van der Waals surface area contributed by atoms with Crippen LogP contribution in [0.1, 0.15) is 43.9 Å². The van der Waals surface area contributed by atoms with Crippen molar-refractivity contribution in [3.05, 3.63) is 69.7 Å². The maximum atomic E-state index is 12.4. The van der Waals surface area contributed by atoms with Gasteiger partial charge in [0, 0.05) is 6.42 Å². The lowest BCUT2D eigenvalue weighted by Gasteiger charge is -2.21. The summed E-state index contributed by atoms with van der Waals surface area (Å²) >= 11 is 11.9. The highest BCUT2D eigenvalue weighted by atomic mass is 35.5. The lowest BCUT2D eigenvalue weighted by molar-refractivity contribution is -0.121. The number of carbonyl (C=O) groups is 1. The summed E-state index contributed by atoms with van der Waals surface area (Å²) in [6.07, 6.45) is 1.99. The lowest BCUT2D eigenvalue weighted by Crippen LogP contribution is -2.29. The van der Waals surface area contributed by atoms with Crippen molar-refractivity contribution in [1.29, 1.82) is 0 Å². The Kier molecular flexibility index (Phi) is 7.14. The fourth-order valence-corrected chi connectivity index (χ4v) is 2.98. The first kappa shape index (κ1) is 18.8. The number of carbonyl (C=O) groups excluding carboxylic acids is 1. The van der Waals surface area contributed by atoms with Crippen molar-refractivity contribution in [2.45, 2.75) is 39.2 Å². The van der Waals surface area contributed by atoms with E-state index in [0.29, 0.717) is 28.8 Å². The van der Waals surface area contributed by atoms with Gasteiger partial charge in [0.1, 0.15) is 0 Å². The molecular formula is C20H23Cl2NO. The molecule has 0 aliphatic rings. The molecule has 0 aliphatic carbocycles. The number of benzene rings is 2. The van der Waals surface area contributed by atoms with Gasteiger partial charge in [-0.2, -0.15) is 0 Å². The number of rotatable bonds is 7. The minimum absolute atomic E-state index is 0.0486. The zero-order valence-electron chi connectivity index (χ0n) is 14.1. The second-order valence-corrected chi connectivity index (χ2v) is 7.22. The molecule has 0 spiro atoms. The molecule has 1 amide bonds. The Hall–Kier alpha value is -1.51. The highest BCUT2D eigenvalue weighted by Gasteiger charge is 2.16. The van der Waals surface area contributed by atoms with E-state index in [0.717, 1.165) is 17.5 Å². The van der Waals surface area contributed by atoms with E-state index in [-0.39, 0.29) is 11.9 Å². The number of halogens is 2. The van der Waals surface area contributed by atoms with E-state index in [1.165, 1.54) is 0 Å². The van der Waals surface area contributed by atoms with Crippen LogP contribution in [-0.4, -0.2) is 5.91 Å². The van der Waals surface area contributed by atoms with Gasteiger partial charge in [-0.15, -0.1) is 0 Å². The molecule has 1 N–H and O–H groups in total. The Morgan fingerprint density at radius 3 is 2.38 bits per heavy atom. The SMILES string of the molecule is CC(C)C[C@@H](NC(=O)CCc1ccc(Cl)c(Cl)c1)c1ccccc1. The van der Waals surface area contributed by atoms with Crippen molar-refractivity contribution in [2.75, 3.05) is 0 Å². The summed E-state index contributed by atoms with van der Waals surface area (Å²) in [6.45, 7) is 4.33. The zero-order chi connectivity index (χ0) is 17.5. The lowest BCUT2D eigenvalue weighted by atomic mass is 9.96. The summed E-state index contributed by atoms with van der Waals surface area (Å²) in [5.41, 5.74) is 2.16. The smallest absolute Gasteiger partial charge is 0.220 e. The third kappa shape index (κ3) is 5.85. The molecule has 24 heavy (non-hydrogen) atoms. The van der Waals surface area contributed by atoms with Crippen LogP contribution in [0.4, 0.5) is 0 Å². The van der Waals surface area contributed by atoms with Gasteiger partial charge >= 0.3 is 0 Å². The number of hydrogen-bond acceptors (Lipinski definition) is 1. The highest BCUT2D eigenvalue weighted by molar-refractivity contribution is 6.42. The third-order valence-corrected chi connectivity index (χ3v) is 4.61. The van der Waals surface area contributed by atoms with E-state index in [4.69, 9.17) is 23.2 Å². The normalized spacial score (nSPS) is 12.2. The van der Waals surface area contributed by atoms with Crippen molar-refractivity contribution in [2.24, 2.45) is 5.92 Å². The molecule has 2 aromatic carbocycles. The molecule has 2 aromatic rings. The molecule has 128 valence electrons. The minimum Gasteiger partial charge on any atom is -0.349 e. The summed E-state index contributed by atoms with van der Waals surface area (Å²) < 4.78 is 0. The standard InChI is InChI=1S/C20H23Cl2NO/c1-14(2)12-19(16-6-4-3-5-7-16)23-20(24)11-9-15-8-10-17(21)18(22)13-15/h3-8,10,13-14,19H,9,11-12H2,1-2H3,(H,23,24)/t19-/m1/s1. The molecule has 0 aromatic heterocycles. The van der Waals surface area contributed by atoms with Crippen LogP contribution < -0.4 is 5.32 Å². The predicted molar refractivity (Wildman–Crippen MR) is 102 cm³/mol. The minimum atomic E-state index is 0.0486. The molecule has 0 unspecified atom stereocenters. The van der Waals surface area contributed by atoms with E-state index in [1.54, 1.807) is 6.07 Å². The first-order valence-electron chi connectivity index (χ1n) is 8.24. The molecular weight excluding hydrogens is 341 g/mol. The molecule has 4 heteroatoms. The molecule has 0 saturated carbocycles. The van der Waals surface area contributed by atoms with Gasteiger partial charge in [0.2, 0.25) is 5.91 Å². The summed E-state index contributed by atoms with van der Waals surface area (Å²) in [7, 11) is 0. The summed E-state index contributed by atoms with van der Waals surface area (Å²) in [5, 5.41) is 4.22. The second kappa shape index (κ2) is 9.10. The van der Waals surface area contributed by atoms with E-state index in [2.05, 4.69) is 31.3 Å². The number of amides is 1. The van der Waals surface area contributed by atoms with Crippen LogP contribution in [0.25, 0.3) is 0 Å². The molecule has 0 radical (unpaired) electrons. The van der Waals surface area contributed by atoms with E-state index in [1.807, 2.05) is 30.3 Å². The van der Waals surface area contributed by atoms with Gasteiger partial charge in [0.15, 0.2) is 0 Å². The average Bonchev–Trinajstić information content (AvgIpc) is 2.56. The Bertz CT molecular complexity index is 671. The summed E-state index contributed by atoms with van der Waals surface area (Å²) in [5.74, 6) is 0.557. The first-order valence-corrected chi connectivity index (χ1v) is 8.99. The topological polar surface area (TPSA) is 29.1 Å². The van der Waals surface area contributed by atoms with Gasteiger partial charge < -0.3 is 5.32 Å². The monoisotopic (exact) mass is 363 g/mol. The van der Waals surface area contributed by atoms with E-state index >= 15 is 0 Å². The Balaban J connectivity index is 1.96. The van der Waals surface area contributed by atoms with Crippen LogP contribution in [0, 0.1) is 5.92 Å². The maximum Gasteiger partial charge on any atom is 0.220 e. The Labute approximate surface area is 154 Å². The van der Waals surface area contributed by atoms with Gasteiger partial charge in [-0.25, -0.2) is 0 Å². The van der Waals surface area contributed by atoms with Crippen molar-refractivity contribution >= 4 is 29.1 Å². The van der Waals surface area contributed by atoms with Gasteiger partial charge in [0.25, 0.3) is 0 Å². The predicted octanol–water partition coefficient (Wildman–Crippen LogP) is 5.83. The first-order chi connectivity index (χ1) is 11.5. The number of nitrogens with one attached hydrogen (secondary N) is 1. The van der Waals surface area contributed by atoms with Crippen LogP contribution >= 0.6 is 23.2 Å². The number of hydrogen-bond donors (Lipinski definition) is 1. The molecule has 2 nitrogen and oxygen atoms in total. The fourth-order valence-electron chi connectivity index (χ4n) is 2.65. The summed E-state index contributed by atoms with van der Waals surface area (Å²) in [4.78, 5) is 12.4. The van der Waals surface area contributed by atoms with Crippen LogP contribution in [0.5, 0.6) is 0 Å². The average molecular weight is 364 g/mol. The molecule has 0 bridgehead atoms. The Morgan fingerprint density at radius 1 is 1.04 bits per heavy atom. The molecule has 0 saturated heterocycles. The molecule has 0 heterocycles. The van der Waals surface area contributed by atoms with Crippen molar-refractivity contribution in [3.63, 3.8) is 0 Å². The summed E-state index contributed by atoms with van der Waals surface area (Å²) in [6, 6.07) is 15.7.